The molecule has 0 fully saturated rings. The largest absolute Gasteiger partial charge is 0.309 e. The van der Waals surface area contributed by atoms with Crippen molar-refractivity contribution in [2.75, 3.05) is 6.54 Å². The molecule has 0 aliphatic carbocycles. The van der Waals surface area contributed by atoms with Gasteiger partial charge in [-0.25, -0.2) is 4.39 Å². The predicted octanol–water partition coefficient (Wildman–Crippen LogP) is 4.82. The van der Waals surface area contributed by atoms with Crippen LogP contribution in [0.25, 0.3) is 0 Å². The van der Waals surface area contributed by atoms with E-state index in [1.807, 2.05) is 12.1 Å². The molecule has 102 valence electrons. The molecule has 0 saturated carbocycles. The summed E-state index contributed by atoms with van der Waals surface area (Å²) < 4.78 is 13.5. The maximum atomic E-state index is 13.5. The zero-order valence-corrected chi connectivity index (χ0v) is 12.4. The Morgan fingerprint density at radius 1 is 1.37 bits per heavy atom. The molecular weight excluding hydrogens is 281 g/mol. The van der Waals surface area contributed by atoms with Crippen molar-refractivity contribution in [3.8, 4) is 0 Å². The Morgan fingerprint density at radius 2 is 2.21 bits per heavy atom. The van der Waals surface area contributed by atoms with E-state index < -0.39 is 0 Å². The first-order valence-corrected chi connectivity index (χ1v) is 7.67. The lowest BCUT2D eigenvalue weighted by atomic mass is 10.0. The maximum absolute atomic E-state index is 13.5. The number of thiophene rings is 1. The van der Waals surface area contributed by atoms with Crippen LogP contribution in [-0.2, 0) is 6.42 Å². The molecule has 1 aromatic heterocycles. The van der Waals surface area contributed by atoms with Crippen LogP contribution in [0.2, 0.25) is 5.02 Å². The predicted molar refractivity (Wildman–Crippen MR) is 80.5 cm³/mol. The van der Waals surface area contributed by atoms with Crippen molar-refractivity contribution in [2.45, 2.75) is 25.8 Å². The summed E-state index contributed by atoms with van der Waals surface area (Å²) >= 11 is 7.44. The minimum atomic E-state index is -0.348. The Hall–Kier alpha value is -0.900. The molecule has 1 N–H and O–H groups in total. The van der Waals surface area contributed by atoms with Crippen LogP contribution in [0.1, 0.15) is 29.8 Å². The van der Waals surface area contributed by atoms with Gasteiger partial charge in [-0.3, -0.25) is 0 Å². The lowest BCUT2D eigenvalue weighted by molar-refractivity contribution is 0.534. The summed E-state index contributed by atoms with van der Waals surface area (Å²) in [6.45, 7) is 3.10. The van der Waals surface area contributed by atoms with Gasteiger partial charge in [0, 0.05) is 10.9 Å². The third kappa shape index (κ3) is 4.03. The van der Waals surface area contributed by atoms with Gasteiger partial charge in [0.2, 0.25) is 0 Å². The Kier molecular flexibility index (Phi) is 5.37. The van der Waals surface area contributed by atoms with Crippen molar-refractivity contribution in [3.05, 3.63) is 57.0 Å². The van der Waals surface area contributed by atoms with E-state index in [0.717, 1.165) is 24.9 Å². The van der Waals surface area contributed by atoms with Crippen molar-refractivity contribution in [1.82, 2.24) is 5.32 Å². The number of halogens is 2. The van der Waals surface area contributed by atoms with Crippen molar-refractivity contribution >= 4 is 22.9 Å². The molecule has 0 aliphatic heterocycles. The molecule has 1 nitrogen and oxygen atoms in total. The fourth-order valence-electron chi connectivity index (χ4n) is 1.98. The molecule has 4 heteroatoms. The van der Waals surface area contributed by atoms with E-state index in [4.69, 9.17) is 11.6 Å². The highest BCUT2D eigenvalue weighted by molar-refractivity contribution is 7.10. The molecule has 0 amide bonds. The molecule has 0 aliphatic rings. The number of benzene rings is 1. The first kappa shape index (κ1) is 14.5. The van der Waals surface area contributed by atoms with Gasteiger partial charge in [-0.1, -0.05) is 30.7 Å². The average Bonchev–Trinajstić information content (AvgIpc) is 2.92. The van der Waals surface area contributed by atoms with Crippen LogP contribution in [0.4, 0.5) is 4.39 Å². The van der Waals surface area contributed by atoms with Crippen LogP contribution in [0.15, 0.2) is 35.7 Å². The molecule has 0 saturated heterocycles. The van der Waals surface area contributed by atoms with Crippen molar-refractivity contribution in [2.24, 2.45) is 0 Å². The lowest BCUT2D eigenvalue weighted by Crippen LogP contribution is -2.23. The Balaban J connectivity index is 2.13. The molecule has 1 heterocycles. The summed E-state index contributed by atoms with van der Waals surface area (Å²) in [6.07, 6.45) is 1.85. The summed E-state index contributed by atoms with van der Waals surface area (Å²) in [6, 6.07) is 9.43. The van der Waals surface area contributed by atoms with Crippen LogP contribution in [0.3, 0.4) is 0 Å². The smallest absolute Gasteiger partial charge is 0.142 e. The summed E-state index contributed by atoms with van der Waals surface area (Å²) in [5, 5.41) is 5.76. The molecule has 2 rings (SSSR count). The SMILES string of the molecule is CCCNC(Cc1ccc(Cl)c(F)c1)c1cccs1. The van der Waals surface area contributed by atoms with Gasteiger partial charge in [0.05, 0.1) is 5.02 Å². The second kappa shape index (κ2) is 7.04. The highest BCUT2D eigenvalue weighted by Gasteiger charge is 2.13. The second-order valence-corrected chi connectivity index (χ2v) is 5.86. The van der Waals surface area contributed by atoms with E-state index in [1.165, 1.54) is 10.9 Å². The van der Waals surface area contributed by atoms with Crippen LogP contribution in [-0.4, -0.2) is 6.54 Å². The van der Waals surface area contributed by atoms with Gasteiger partial charge in [0.15, 0.2) is 0 Å². The first-order valence-electron chi connectivity index (χ1n) is 6.41. The van der Waals surface area contributed by atoms with Crippen LogP contribution in [0.5, 0.6) is 0 Å². The van der Waals surface area contributed by atoms with E-state index in [9.17, 15) is 4.39 Å². The third-order valence-corrected chi connectivity index (χ3v) is 4.24. The Labute approximate surface area is 122 Å². The summed E-state index contributed by atoms with van der Waals surface area (Å²) in [7, 11) is 0. The minimum absolute atomic E-state index is 0.179. The highest BCUT2D eigenvalue weighted by atomic mass is 35.5. The summed E-state index contributed by atoms with van der Waals surface area (Å²) in [5.41, 5.74) is 0.962. The minimum Gasteiger partial charge on any atom is -0.309 e. The van der Waals surface area contributed by atoms with Crippen molar-refractivity contribution in [3.63, 3.8) is 0 Å². The summed E-state index contributed by atoms with van der Waals surface area (Å²) in [5.74, 6) is -0.348. The quantitative estimate of drug-likeness (QED) is 0.806. The van der Waals surface area contributed by atoms with E-state index in [0.29, 0.717) is 0 Å². The zero-order valence-electron chi connectivity index (χ0n) is 10.8. The average molecular weight is 298 g/mol. The van der Waals surface area contributed by atoms with Gasteiger partial charge in [-0.2, -0.15) is 0 Å². The monoisotopic (exact) mass is 297 g/mol. The number of nitrogens with one attached hydrogen (secondary N) is 1. The normalized spacial score (nSPS) is 12.6. The fraction of sp³-hybridized carbons (Fsp3) is 0.333. The number of hydrogen-bond donors (Lipinski definition) is 1. The molecule has 1 aromatic carbocycles. The van der Waals surface area contributed by atoms with Crippen LogP contribution in [0, 0.1) is 5.82 Å². The van der Waals surface area contributed by atoms with Gasteiger partial charge in [0.1, 0.15) is 5.82 Å². The number of rotatable bonds is 6. The molecule has 19 heavy (non-hydrogen) atoms. The molecule has 1 atom stereocenters. The Bertz CT molecular complexity index is 513. The zero-order chi connectivity index (χ0) is 13.7. The fourth-order valence-corrected chi connectivity index (χ4v) is 2.90. The van der Waals surface area contributed by atoms with Gasteiger partial charge in [-0.15, -0.1) is 11.3 Å². The van der Waals surface area contributed by atoms with Gasteiger partial charge >= 0.3 is 0 Å². The van der Waals surface area contributed by atoms with Crippen LogP contribution >= 0.6 is 22.9 Å². The molecule has 0 radical (unpaired) electrons. The molecule has 0 bridgehead atoms. The third-order valence-electron chi connectivity index (χ3n) is 2.95. The lowest BCUT2D eigenvalue weighted by Gasteiger charge is -2.17. The first-order chi connectivity index (χ1) is 9.20. The van der Waals surface area contributed by atoms with E-state index in [2.05, 4.69) is 23.7 Å². The van der Waals surface area contributed by atoms with E-state index in [-0.39, 0.29) is 16.9 Å². The van der Waals surface area contributed by atoms with Crippen molar-refractivity contribution in [1.29, 1.82) is 0 Å². The standard InChI is InChI=1S/C15H17ClFNS/c1-2-7-18-14(15-4-3-8-19-15)10-11-5-6-12(16)13(17)9-11/h3-6,8-9,14,18H,2,7,10H2,1H3. The van der Waals surface area contributed by atoms with Crippen molar-refractivity contribution < 1.29 is 4.39 Å². The molecule has 0 spiro atoms. The Morgan fingerprint density at radius 3 is 2.84 bits per heavy atom. The maximum Gasteiger partial charge on any atom is 0.142 e. The molecular formula is C15H17ClFNS. The second-order valence-electron chi connectivity index (χ2n) is 4.47. The molecule has 1 unspecified atom stereocenters. The van der Waals surface area contributed by atoms with E-state index >= 15 is 0 Å². The van der Waals surface area contributed by atoms with Gasteiger partial charge < -0.3 is 5.32 Å². The van der Waals surface area contributed by atoms with Gasteiger partial charge in [-0.05, 0) is 48.5 Å². The topological polar surface area (TPSA) is 12.0 Å². The highest BCUT2D eigenvalue weighted by Crippen LogP contribution is 2.24. The van der Waals surface area contributed by atoms with Gasteiger partial charge in [0.25, 0.3) is 0 Å². The summed E-state index contributed by atoms with van der Waals surface area (Å²) in [4.78, 5) is 1.28. The molecule has 2 aromatic rings. The van der Waals surface area contributed by atoms with Crippen LogP contribution < -0.4 is 5.32 Å². The van der Waals surface area contributed by atoms with E-state index in [1.54, 1.807) is 17.4 Å². The number of hydrogen-bond acceptors (Lipinski definition) is 2.